The number of alkyl halides is 1. The van der Waals surface area contributed by atoms with Gasteiger partial charge in [-0.3, -0.25) is 9.18 Å². The van der Waals surface area contributed by atoms with Crippen molar-refractivity contribution in [3.63, 3.8) is 0 Å². The number of carbonyl (C=O) groups is 1. The summed E-state index contributed by atoms with van der Waals surface area (Å²) in [6, 6.07) is 0. The van der Waals surface area contributed by atoms with Crippen LogP contribution in [0.2, 0.25) is 0 Å². The van der Waals surface area contributed by atoms with Gasteiger partial charge in [0.2, 0.25) is 0 Å². The predicted molar refractivity (Wildman–Crippen MR) is 86.1 cm³/mol. The van der Waals surface area contributed by atoms with E-state index in [-0.39, 0.29) is 17.1 Å². The van der Waals surface area contributed by atoms with Crippen molar-refractivity contribution in [2.75, 3.05) is 6.67 Å². The molecule has 3 saturated carbocycles. The third kappa shape index (κ3) is 1.79. The largest absolute Gasteiger partial charge is 0.299 e. The molecular weight excluding hydrogens is 275 g/mol. The van der Waals surface area contributed by atoms with Crippen molar-refractivity contribution in [1.29, 1.82) is 0 Å². The fourth-order valence-corrected chi connectivity index (χ4v) is 6.91. The van der Waals surface area contributed by atoms with Crippen LogP contribution in [0.4, 0.5) is 4.39 Å². The first-order valence-corrected chi connectivity index (χ1v) is 9.26. The maximum absolute atomic E-state index is 13.3. The van der Waals surface area contributed by atoms with Gasteiger partial charge < -0.3 is 0 Å². The summed E-state index contributed by atoms with van der Waals surface area (Å²) >= 11 is 0. The molecule has 4 aliphatic carbocycles. The zero-order valence-electron chi connectivity index (χ0n) is 14.0. The number of ketones is 1. The van der Waals surface area contributed by atoms with Gasteiger partial charge in [-0.25, -0.2) is 0 Å². The lowest BCUT2D eigenvalue weighted by Crippen LogP contribution is -2.52. The van der Waals surface area contributed by atoms with Crippen molar-refractivity contribution in [2.45, 2.75) is 58.8 Å². The standard InChI is InChI=1S/C20H29FO/c1-19-9-4-3-5-14(19)6-7-15-16(19)8-10-20(2)17(15)11-13(12-21)18(20)22/h3-4,13-17H,5-12H2,1-2H3/t13-,14?,15-,16+,17+,19+,20+/m1/s1. The van der Waals surface area contributed by atoms with Crippen LogP contribution < -0.4 is 0 Å². The Balaban J connectivity index is 1.67. The SMILES string of the molecule is C[C@]12CC=CCC1CC[C@@H]1[C@@H]2CC[C@]2(C)C(=O)[C@@H](CF)C[C@@H]12. The van der Waals surface area contributed by atoms with Crippen molar-refractivity contribution in [1.82, 2.24) is 0 Å². The van der Waals surface area contributed by atoms with Gasteiger partial charge >= 0.3 is 0 Å². The second kappa shape index (κ2) is 4.92. The van der Waals surface area contributed by atoms with Crippen LogP contribution in [0.1, 0.15) is 58.8 Å². The summed E-state index contributed by atoms with van der Waals surface area (Å²) in [5, 5.41) is 0. The van der Waals surface area contributed by atoms with Gasteiger partial charge in [0.25, 0.3) is 0 Å². The van der Waals surface area contributed by atoms with E-state index in [1.54, 1.807) is 0 Å². The number of fused-ring (bicyclic) bond motifs is 5. The summed E-state index contributed by atoms with van der Waals surface area (Å²) < 4.78 is 13.3. The smallest absolute Gasteiger partial charge is 0.144 e. The summed E-state index contributed by atoms with van der Waals surface area (Å²) in [6.07, 6.45) is 12.8. The molecule has 0 saturated heterocycles. The topological polar surface area (TPSA) is 17.1 Å². The Kier molecular flexibility index (Phi) is 3.33. The van der Waals surface area contributed by atoms with E-state index in [2.05, 4.69) is 26.0 Å². The van der Waals surface area contributed by atoms with E-state index in [4.69, 9.17) is 0 Å². The number of allylic oxidation sites excluding steroid dienone is 2. The molecule has 4 rings (SSSR count). The normalized spacial score (nSPS) is 53.8. The van der Waals surface area contributed by atoms with Gasteiger partial charge in [0.15, 0.2) is 0 Å². The first kappa shape index (κ1) is 14.9. The fourth-order valence-electron chi connectivity index (χ4n) is 6.91. The highest BCUT2D eigenvalue weighted by molar-refractivity contribution is 5.89. The Morgan fingerprint density at radius 3 is 2.77 bits per heavy atom. The van der Waals surface area contributed by atoms with E-state index in [0.717, 1.165) is 24.7 Å². The molecule has 0 bridgehead atoms. The summed E-state index contributed by atoms with van der Waals surface area (Å²) in [5.41, 5.74) is 0.210. The van der Waals surface area contributed by atoms with Gasteiger partial charge in [0.1, 0.15) is 5.78 Å². The number of Topliss-reactive ketones (excluding diaryl/α,β-unsaturated/α-hetero) is 1. The molecule has 1 nitrogen and oxygen atoms in total. The Hall–Kier alpha value is -0.660. The second-order valence-electron chi connectivity index (χ2n) is 8.98. The van der Waals surface area contributed by atoms with Crippen LogP contribution in [0.15, 0.2) is 12.2 Å². The molecule has 2 heteroatoms. The minimum absolute atomic E-state index is 0.217. The van der Waals surface area contributed by atoms with Gasteiger partial charge in [0.05, 0.1) is 6.67 Å². The van der Waals surface area contributed by atoms with Crippen LogP contribution >= 0.6 is 0 Å². The number of carbonyl (C=O) groups excluding carboxylic acids is 1. The maximum Gasteiger partial charge on any atom is 0.144 e. The summed E-state index contributed by atoms with van der Waals surface area (Å²) in [4.78, 5) is 12.7. The number of hydrogen-bond acceptors (Lipinski definition) is 1. The summed E-state index contributed by atoms with van der Waals surface area (Å²) in [5.74, 6) is 2.63. The van der Waals surface area contributed by atoms with E-state index in [0.29, 0.717) is 17.3 Å². The number of halogens is 1. The van der Waals surface area contributed by atoms with Crippen LogP contribution in [0.3, 0.4) is 0 Å². The van der Waals surface area contributed by atoms with Crippen molar-refractivity contribution >= 4 is 5.78 Å². The first-order valence-electron chi connectivity index (χ1n) is 9.26. The van der Waals surface area contributed by atoms with Gasteiger partial charge in [-0.05, 0) is 74.0 Å². The van der Waals surface area contributed by atoms with E-state index >= 15 is 0 Å². The minimum Gasteiger partial charge on any atom is -0.299 e. The maximum atomic E-state index is 13.3. The highest BCUT2D eigenvalue weighted by Crippen LogP contribution is 2.65. The Labute approximate surface area is 133 Å². The highest BCUT2D eigenvalue weighted by Gasteiger charge is 2.61. The lowest BCUT2D eigenvalue weighted by Gasteiger charge is -2.58. The lowest BCUT2D eigenvalue weighted by molar-refractivity contribution is -0.138. The Morgan fingerprint density at radius 2 is 2.00 bits per heavy atom. The average molecular weight is 304 g/mol. The van der Waals surface area contributed by atoms with Crippen LogP contribution in [-0.2, 0) is 4.79 Å². The number of rotatable bonds is 1. The second-order valence-corrected chi connectivity index (χ2v) is 8.98. The monoisotopic (exact) mass is 304 g/mol. The van der Waals surface area contributed by atoms with Crippen LogP contribution in [0.25, 0.3) is 0 Å². The molecule has 0 N–H and O–H groups in total. The molecule has 0 aromatic rings. The number of hydrogen-bond donors (Lipinski definition) is 0. The molecule has 3 fully saturated rings. The van der Waals surface area contributed by atoms with Gasteiger partial charge in [-0.1, -0.05) is 26.0 Å². The molecule has 0 radical (unpaired) electrons. The predicted octanol–water partition coefficient (Wildman–Crippen LogP) is 4.96. The van der Waals surface area contributed by atoms with E-state index in [1.807, 2.05) is 0 Å². The fraction of sp³-hybridized carbons (Fsp3) is 0.850. The quantitative estimate of drug-likeness (QED) is 0.626. The van der Waals surface area contributed by atoms with Crippen molar-refractivity contribution in [2.24, 2.45) is 40.4 Å². The Bertz CT molecular complexity index is 512. The molecule has 0 amide bonds. The minimum atomic E-state index is -0.440. The zero-order valence-corrected chi connectivity index (χ0v) is 14.0. The first-order chi connectivity index (χ1) is 10.5. The molecule has 1 unspecified atom stereocenters. The summed E-state index contributed by atoms with van der Waals surface area (Å²) in [6.45, 7) is 4.22. The molecule has 0 aliphatic heterocycles. The molecule has 122 valence electrons. The molecule has 0 aromatic heterocycles. The summed E-state index contributed by atoms with van der Waals surface area (Å²) in [7, 11) is 0. The van der Waals surface area contributed by atoms with E-state index < -0.39 is 6.67 Å². The van der Waals surface area contributed by atoms with Crippen LogP contribution in [-0.4, -0.2) is 12.5 Å². The molecule has 0 spiro atoms. The molecular formula is C20H29FO. The van der Waals surface area contributed by atoms with Crippen molar-refractivity contribution in [3.05, 3.63) is 12.2 Å². The van der Waals surface area contributed by atoms with Gasteiger partial charge in [-0.2, -0.15) is 0 Å². The average Bonchev–Trinajstić information content (AvgIpc) is 2.78. The van der Waals surface area contributed by atoms with E-state index in [1.165, 1.54) is 32.1 Å². The van der Waals surface area contributed by atoms with Gasteiger partial charge in [-0.15, -0.1) is 0 Å². The highest BCUT2D eigenvalue weighted by atomic mass is 19.1. The third-order valence-corrected chi connectivity index (χ3v) is 8.26. The van der Waals surface area contributed by atoms with Crippen molar-refractivity contribution in [3.8, 4) is 0 Å². The van der Waals surface area contributed by atoms with E-state index in [9.17, 15) is 9.18 Å². The molecule has 0 aromatic carbocycles. The molecule has 4 aliphatic rings. The third-order valence-electron chi connectivity index (χ3n) is 8.26. The molecule has 0 heterocycles. The zero-order chi connectivity index (χ0) is 15.5. The molecule has 7 atom stereocenters. The van der Waals surface area contributed by atoms with Gasteiger partial charge in [0, 0.05) is 11.3 Å². The van der Waals surface area contributed by atoms with Crippen LogP contribution in [0.5, 0.6) is 0 Å². The lowest BCUT2D eigenvalue weighted by atomic mass is 9.46. The Morgan fingerprint density at radius 1 is 1.18 bits per heavy atom. The van der Waals surface area contributed by atoms with Crippen molar-refractivity contribution < 1.29 is 9.18 Å². The molecule has 22 heavy (non-hydrogen) atoms. The van der Waals surface area contributed by atoms with Crippen LogP contribution in [0, 0.1) is 40.4 Å².